The molecule has 2 aliphatic rings. The molecular formula is C24H39N3O5S. The van der Waals surface area contributed by atoms with Crippen LogP contribution in [0.4, 0.5) is 0 Å². The fourth-order valence-electron chi connectivity index (χ4n) is 4.13. The van der Waals surface area contributed by atoms with Gasteiger partial charge in [-0.2, -0.15) is 0 Å². The van der Waals surface area contributed by atoms with Crippen LogP contribution in [-0.2, 0) is 14.8 Å². The number of carbonyl (C=O) groups excluding carboxylic acids is 1. The number of hydrogen-bond acceptors (Lipinski definition) is 6. The molecule has 2 heterocycles. The van der Waals surface area contributed by atoms with Gasteiger partial charge in [0, 0.05) is 25.6 Å². The molecule has 9 heteroatoms. The number of carbonyl (C=O) groups is 1. The van der Waals surface area contributed by atoms with E-state index in [0.717, 1.165) is 44.7 Å². The lowest BCUT2D eigenvalue weighted by Gasteiger charge is -2.30. The highest BCUT2D eigenvalue weighted by atomic mass is 32.2. The molecule has 0 spiro atoms. The van der Waals surface area contributed by atoms with Gasteiger partial charge in [-0.15, -0.1) is 0 Å². The third kappa shape index (κ3) is 8.79. The Bertz CT molecular complexity index is 854. The molecule has 0 aliphatic carbocycles. The van der Waals surface area contributed by atoms with Crippen LogP contribution >= 0.6 is 0 Å². The van der Waals surface area contributed by atoms with E-state index in [-0.39, 0.29) is 10.8 Å². The number of hydrogen-bond donors (Lipinski definition) is 2. The second kappa shape index (κ2) is 13.2. The standard InChI is InChI=1S/C24H39N3O5S/c1-20-10-15-27(16-11-20)14-6-5-12-25-24(28)7-3-2-4-13-26-33(29,30)21-8-9-22-23(19-21)32-18-17-31-22/h8-9,19-20,26H,2-7,10-18H2,1H3,(H,25,28). The van der Waals surface area contributed by atoms with Crippen molar-refractivity contribution < 1.29 is 22.7 Å². The van der Waals surface area contributed by atoms with Crippen molar-refractivity contribution in [3.05, 3.63) is 18.2 Å². The number of nitrogens with zero attached hydrogens (tertiary/aromatic N) is 1. The fourth-order valence-corrected chi connectivity index (χ4v) is 5.22. The smallest absolute Gasteiger partial charge is 0.240 e. The Morgan fingerprint density at radius 2 is 1.73 bits per heavy atom. The van der Waals surface area contributed by atoms with E-state index in [0.29, 0.717) is 44.1 Å². The minimum Gasteiger partial charge on any atom is -0.486 e. The zero-order valence-electron chi connectivity index (χ0n) is 19.8. The average Bonchev–Trinajstić information content (AvgIpc) is 2.82. The van der Waals surface area contributed by atoms with E-state index in [9.17, 15) is 13.2 Å². The Balaban J connectivity index is 1.20. The molecule has 0 atom stereocenters. The molecule has 2 N–H and O–H groups in total. The number of piperidine rings is 1. The molecule has 1 aromatic carbocycles. The first kappa shape index (κ1) is 25.8. The van der Waals surface area contributed by atoms with Gasteiger partial charge >= 0.3 is 0 Å². The topological polar surface area (TPSA) is 97.0 Å². The van der Waals surface area contributed by atoms with Crippen LogP contribution in [-0.4, -0.2) is 65.2 Å². The monoisotopic (exact) mass is 481 g/mol. The summed E-state index contributed by atoms with van der Waals surface area (Å²) in [5.41, 5.74) is 0. The Morgan fingerprint density at radius 3 is 2.52 bits per heavy atom. The zero-order valence-corrected chi connectivity index (χ0v) is 20.6. The van der Waals surface area contributed by atoms with E-state index in [2.05, 4.69) is 21.9 Å². The summed E-state index contributed by atoms with van der Waals surface area (Å²) in [5.74, 6) is 1.96. The first-order chi connectivity index (χ1) is 15.9. The molecule has 0 radical (unpaired) electrons. The van der Waals surface area contributed by atoms with Crippen LogP contribution in [0.2, 0.25) is 0 Å². The highest BCUT2D eigenvalue weighted by Crippen LogP contribution is 2.32. The molecule has 0 saturated carbocycles. The molecule has 2 aliphatic heterocycles. The predicted octanol–water partition coefficient (Wildman–Crippen LogP) is 2.92. The largest absolute Gasteiger partial charge is 0.486 e. The number of rotatable bonds is 13. The summed E-state index contributed by atoms with van der Waals surface area (Å²) in [4.78, 5) is 14.7. The second-order valence-corrected chi connectivity index (χ2v) is 10.9. The molecule has 0 bridgehead atoms. The number of likely N-dealkylation sites (tertiary alicyclic amines) is 1. The molecule has 1 saturated heterocycles. The van der Waals surface area contributed by atoms with Gasteiger partial charge in [0.2, 0.25) is 15.9 Å². The lowest BCUT2D eigenvalue weighted by molar-refractivity contribution is -0.121. The number of benzene rings is 1. The zero-order chi connectivity index (χ0) is 23.5. The van der Waals surface area contributed by atoms with Gasteiger partial charge in [0.15, 0.2) is 11.5 Å². The number of ether oxygens (including phenoxy) is 2. The van der Waals surface area contributed by atoms with Crippen LogP contribution in [0, 0.1) is 5.92 Å². The number of nitrogens with one attached hydrogen (secondary N) is 2. The van der Waals surface area contributed by atoms with Crippen molar-refractivity contribution in [2.75, 3.05) is 45.9 Å². The average molecular weight is 482 g/mol. The van der Waals surface area contributed by atoms with E-state index in [1.165, 1.54) is 38.1 Å². The van der Waals surface area contributed by atoms with Crippen molar-refractivity contribution in [2.45, 2.75) is 63.2 Å². The first-order valence-electron chi connectivity index (χ1n) is 12.3. The highest BCUT2D eigenvalue weighted by molar-refractivity contribution is 7.89. The van der Waals surface area contributed by atoms with Crippen molar-refractivity contribution in [3.8, 4) is 11.5 Å². The molecular weight excluding hydrogens is 442 g/mol. The summed E-state index contributed by atoms with van der Waals surface area (Å²) in [6.45, 7) is 7.83. The second-order valence-electron chi connectivity index (χ2n) is 9.10. The fraction of sp³-hybridized carbons (Fsp3) is 0.708. The summed E-state index contributed by atoms with van der Waals surface area (Å²) in [6, 6.07) is 4.64. The van der Waals surface area contributed by atoms with E-state index >= 15 is 0 Å². The van der Waals surface area contributed by atoms with Gasteiger partial charge in [0.1, 0.15) is 13.2 Å². The van der Waals surface area contributed by atoms with E-state index < -0.39 is 10.0 Å². The van der Waals surface area contributed by atoms with E-state index in [1.54, 1.807) is 6.07 Å². The quantitative estimate of drug-likeness (QED) is 0.421. The van der Waals surface area contributed by atoms with Crippen LogP contribution in [0.1, 0.15) is 58.3 Å². The van der Waals surface area contributed by atoms with E-state index in [4.69, 9.17) is 9.47 Å². The van der Waals surface area contributed by atoms with Crippen molar-refractivity contribution in [1.82, 2.24) is 14.9 Å². The number of unbranched alkanes of at least 4 members (excludes halogenated alkanes) is 3. The summed E-state index contributed by atoms with van der Waals surface area (Å²) in [6.07, 6.45) is 7.46. The van der Waals surface area contributed by atoms with Crippen molar-refractivity contribution in [3.63, 3.8) is 0 Å². The minimum absolute atomic E-state index is 0.0821. The third-order valence-corrected chi connectivity index (χ3v) is 7.75. The molecule has 1 aromatic rings. The van der Waals surface area contributed by atoms with Gasteiger partial charge < -0.3 is 19.7 Å². The highest BCUT2D eigenvalue weighted by Gasteiger charge is 2.19. The molecule has 0 aromatic heterocycles. The van der Waals surface area contributed by atoms with Gasteiger partial charge in [-0.1, -0.05) is 13.3 Å². The summed E-state index contributed by atoms with van der Waals surface area (Å²) < 4.78 is 38.4. The Labute approximate surface area is 198 Å². The Kier molecular flexibility index (Phi) is 10.3. The Morgan fingerprint density at radius 1 is 1.00 bits per heavy atom. The van der Waals surface area contributed by atoms with Gasteiger partial charge in [0.05, 0.1) is 4.90 Å². The van der Waals surface area contributed by atoms with Crippen LogP contribution in [0.25, 0.3) is 0 Å². The van der Waals surface area contributed by atoms with E-state index in [1.807, 2.05) is 0 Å². The van der Waals surface area contributed by atoms with Crippen molar-refractivity contribution in [1.29, 1.82) is 0 Å². The van der Waals surface area contributed by atoms with Crippen LogP contribution in [0.3, 0.4) is 0 Å². The maximum atomic E-state index is 12.5. The first-order valence-corrected chi connectivity index (χ1v) is 13.8. The van der Waals surface area contributed by atoms with Gasteiger partial charge in [0.25, 0.3) is 0 Å². The van der Waals surface area contributed by atoms with Crippen molar-refractivity contribution in [2.24, 2.45) is 5.92 Å². The predicted molar refractivity (Wildman–Crippen MR) is 128 cm³/mol. The van der Waals surface area contributed by atoms with Gasteiger partial charge in [-0.05, 0) is 76.2 Å². The number of fused-ring (bicyclic) bond motifs is 1. The summed E-state index contributed by atoms with van der Waals surface area (Å²) >= 11 is 0. The Hall–Kier alpha value is -1.84. The van der Waals surface area contributed by atoms with Gasteiger partial charge in [-0.3, -0.25) is 4.79 Å². The van der Waals surface area contributed by atoms with Gasteiger partial charge in [-0.25, -0.2) is 13.1 Å². The molecule has 33 heavy (non-hydrogen) atoms. The number of sulfonamides is 1. The summed E-state index contributed by atoms with van der Waals surface area (Å²) in [5, 5.41) is 3.00. The van der Waals surface area contributed by atoms with Crippen molar-refractivity contribution >= 4 is 15.9 Å². The molecule has 186 valence electrons. The molecule has 3 rings (SSSR count). The molecule has 8 nitrogen and oxygen atoms in total. The third-order valence-electron chi connectivity index (χ3n) is 6.30. The van der Waals surface area contributed by atoms with Crippen LogP contribution < -0.4 is 19.5 Å². The number of amides is 1. The molecule has 0 unspecified atom stereocenters. The van der Waals surface area contributed by atoms with Crippen LogP contribution in [0.15, 0.2) is 23.1 Å². The summed E-state index contributed by atoms with van der Waals surface area (Å²) in [7, 11) is -3.59. The molecule has 1 amide bonds. The van der Waals surface area contributed by atoms with Crippen LogP contribution in [0.5, 0.6) is 11.5 Å². The SMILES string of the molecule is CC1CCN(CCCCNC(=O)CCCCCNS(=O)(=O)c2ccc3c(c2)OCCO3)CC1. The maximum Gasteiger partial charge on any atom is 0.240 e. The maximum absolute atomic E-state index is 12.5. The minimum atomic E-state index is -3.59. The lowest BCUT2D eigenvalue weighted by Crippen LogP contribution is -2.34. The molecule has 1 fully saturated rings. The normalized spacial score (nSPS) is 17.1. The lowest BCUT2D eigenvalue weighted by atomic mass is 9.99.